The van der Waals surface area contributed by atoms with Gasteiger partial charge in [-0.25, -0.2) is 9.18 Å². The van der Waals surface area contributed by atoms with Gasteiger partial charge in [-0.1, -0.05) is 30.3 Å². The van der Waals surface area contributed by atoms with Gasteiger partial charge in [-0.2, -0.15) is 13.2 Å². The van der Waals surface area contributed by atoms with Crippen LogP contribution < -0.4 is 21.3 Å². The topological polar surface area (TPSA) is 87.5 Å². The zero-order chi connectivity index (χ0) is 25.9. The molecule has 4 rings (SSSR count). The molecule has 3 aromatic carbocycles. The second-order valence-corrected chi connectivity index (χ2v) is 8.39. The first-order valence-corrected chi connectivity index (χ1v) is 11.3. The molecule has 0 spiro atoms. The van der Waals surface area contributed by atoms with E-state index in [9.17, 15) is 27.2 Å². The number of amides is 3. The summed E-state index contributed by atoms with van der Waals surface area (Å²) in [4.78, 5) is 27.0. The van der Waals surface area contributed by atoms with Crippen molar-refractivity contribution in [1.82, 2.24) is 5.32 Å². The number of carbonyl (C=O) groups excluding carboxylic acids is 2. The highest BCUT2D eigenvalue weighted by Gasteiger charge is 2.32. The van der Waals surface area contributed by atoms with Crippen LogP contribution in [0.15, 0.2) is 66.7 Å². The molecule has 1 aliphatic heterocycles. The van der Waals surface area contributed by atoms with Crippen molar-refractivity contribution in [3.05, 3.63) is 83.7 Å². The molecule has 0 saturated carbocycles. The lowest BCUT2D eigenvalue weighted by molar-refractivity contribution is -0.137. The van der Waals surface area contributed by atoms with E-state index in [0.717, 1.165) is 24.3 Å². The predicted octanol–water partition coefficient (Wildman–Crippen LogP) is 5.29. The first-order chi connectivity index (χ1) is 17.2. The SMILES string of the molecule is NCc1cccc(-c2ccc(N3CCC[C@@H](NC(=O)Nc4ccc(C(F)(F)F)cc4)C3=O)cc2)c1F. The second-order valence-electron chi connectivity index (χ2n) is 8.39. The fourth-order valence-corrected chi connectivity index (χ4v) is 4.11. The number of benzene rings is 3. The summed E-state index contributed by atoms with van der Waals surface area (Å²) in [6.07, 6.45) is -3.42. The van der Waals surface area contributed by atoms with Crippen LogP contribution in [0, 0.1) is 5.82 Å². The molecule has 0 unspecified atom stereocenters. The Morgan fingerprint density at radius 2 is 1.72 bits per heavy atom. The molecule has 1 saturated heterocycles. The number of halogens is 4. The van der Waals surface area contributed by atoms with Crippen molar-refractivity contribution in [2.75, 3.05) is 16.8 Å². The summed E-state index contributed by atoms with van der Waals surface area (Å²) in [6, 6.07) is 14.4. The summed E-state index contributed by atoms with van der Waals surface area (Å²) in [6.45, 7) is 0.536. The third-order valence-corrected chi connectivity index (χ3v) is 6.00. The van der Waals surface area contributed by atoms with Crippen molar-refractivity contribution in [3.63, 3.8) is 0 Å². The van der Waals surface area contributed by atoms with Crippen molar-refractivity contribution < 1.29 is 27.2 Å². The van der Waals surface area contributed by atoms with Crippen LogP contribution in [0.2, 0.25) is 0 Å². The van der Waals surface area contributed by atoms with E-state index >= 15 is 0 Å². The van der Waals surface area contributed by atoms with Crippen molar-refractivity contribution >= 4 is 23.3 Å². The Morgan fingerprint density at radius 3 is 2.36 bits per heavy atom. The molecule has 188 valence electrons. The van der Waals surface area contributed by atoms with E-state index in [4.69, 9.17) is 5.73 Å². The molecule has 10 heteroatoms. The van der Waals surface area contributed by atoms with Crippen LogP contribution in [0.1, 0.15) is 24.0 Å². The van der Waals surface area contributed by atoms with Crippen LogP contribution in [-0.2, 0) is 17.5 Å². The summed E-state index contributed by atoms with van der Waals surface area (Å²) < 4.78 is 52.8. The van der Waals surface area contributed by atoms with E-state index in [1.54, 1.807) is 47.4 Å². The number of alkyl halides is 3. The maximum Gasteiger partial charge on any atom is 0.416 e. The summed E-state index contributed by atoms with van der Waals surface area (Å²) in [7, 11) is 0. The minimum absolute atomic E-state index is 0.0842. The number of carbonyl (C=O) groups is 2. The fraction of sp³-hybridized carbons (Fsp3) is 0.231. The highest BCUT2D eigenvalue weighted by molar-refractivity contribution is 6.01. The Labute approximate surface area is 205 Å². The minimum Gasteiger partial charge on any atom is -0.326 e. The standard InChI is InChI=1S/C26H24F4N4O2/c27-23-17(15-31)3-1-4-21(23)16-6-12-20(13-7-16)34-14-2-5-22(24(34)35)33-25(36)32-19-10-8-18(9-11-19)26(28,29)30/h1,3-4,6-13,22H,2,5,14-15,31H2,(H2,32,33,36)/t22-/m1/s1. The lowest BCUT2D eigenvalue weighted by Crippen LogP contribution is -2.53. The molecular formula is C26H24F4N4O2. The molecule has 1 fully saturated rings. The van der Waals surface area contributed by atoms with Crippen LogP contribution in [0.4, 0.5) is 33.7 Å². The molecule has 6 nitrogen and oxygen atoms in total. The lowest BCUT2D eigenvalue weighted by atomic mass is 10.0. The Bertz CT molecular complexity index is 1240. The quantitative estimate of drug-likeness (QED) is 0.416. The normalized spacial score (nSPS) is 16.1. The molecule has 0 aromatic heterocycles. The van der Waals surface area contributed by atoms with E-state index in [0.29, 0.717) is 41.8 Å². The lowest BCUT2D eigenvalue weighted by Gasteiger charge is -2.32. The largest absolute Gasteiger partial charge is 0.416 e. The smallest absolute Gasteiger partial charge is 0.326 e. The van der Waals surface area contributed by atoms with E-state index < -0.39 is 23.8 Å². The average molecular weight is 500 g/mol. The van der Waals surface area contributed by atoms with Crippen molar-refractivity contribution in [2.45, 2.75) is 31.6 Å². The molecule has 0 bridgehead atoms. The molecule has 1 atom stereocenters. The monoisotopic (exact) mass is 500 g/mol. The van der Waals surface area contributed by atoms with E-state index in [1.165, 1.54) is 0 Å². The number of piperidine rings is 1. The van der Waals surface area contributed by atoms with Gasteiger partial charge in [0, 0.05) is 35.6 Å². The highest BCUT2D eigenvalue weighted by atomic mass is 19.4. The maximum absolute atomic E-state index is 14.6. The zero-order valence-corrected chi connectivity index (χ0v) is 19.1. The van der Waals surface area contributed by atoms with Crippen molar-refractivity contribution in [3.8, 4) is 11.1 Å². The molecule has 0 aliphatic carbocycles. The van der Waals surface area contributed by atoms with Gasteiger partial charge in [0.15, 0.2) is 0 Å². The molecule has 36 heavy (non-hydrogen) atoms. The first-order valence-electron chi connectivity index (χ1n) is 11.3. The number of nitrogens with one attached hydrogen (secondary N) is 2. The van der Waals surface area contributed by atoms with Crippen LogP contribution in [0.25, 0.3) is 11.1 Å². The summed E-state index contributed by atoms with van der Waals surface area (Å²) in [5.74, 6) is -0.696. The van der Waals surface area contributed by atoms with Gasteiger partial charge in [0.2, 0.25) is 5.91 Å². The summed E-state index contributed by atoms with van der Waals surface area (Å²) in [5, 5.41) is 5.04. The van der Waals surface area contributed by atoms with Crippen LogP contribution in [0.3, 0.4) is 0 Å². The number of urea groups is 1. The third-order valence-electron chi connectivity index (χ3n) is 6.00. The predicted molar refractivity (Wildman–Crippen MR) is 129 cm³/mol. The van der Waals surface area contributed by atoms with Gasteiger partial charge >= 0.3 is 12.2 Å². The summed E-state index contributed by atoms with van der Waals surface area (Å²) >= 11 is 0. The van der Waals surface area contributed by atoms with E-state index in [-0.39, 0.29) is 24.0 Å². The molecule has 1 heterocycles. The van der Waals surface area contributed by atoms with Crippen molar-refractivity contribution in [1.29, 1.82) is 0 Å². The van der Waals surface area contributed by atoms with Crippen LogP contribution in [-0.4, -0.2) is 24.5 Å². The second kappa shape index (κ2) is 10.4. The molecule has 4 N–H and O–H groups in total. The number of nitrogens with two attached hydrogens (primary N) is 1. The Morgan fingerprint density at radius 1 is 1.03 bits per heavy atom. The van der Waals surface area contributed by atoms with Gasteiger partial charge in [0.05, 0.1) is 5.56 Å². The van der Waals surface area contributed by atoms with Gasteiger partial charge < -0.3 is 21.3 Å². The van der Waals surface area contributed by atoms with E-state index in [2.05, 4.69) is 10.6 Å². The molecule has 3 aromatic rings. The van der Waals surface area contributed by atoms with Crippen LogP contribution >= 0.6 is 0 Å². The van der Waals surface area contributed by atoms with Gasteiger partial charge in [0.1, 0.15) is 11.9 Å². The first kappa shape index (κ1) is 25.2. The maximum atomic E-state index is 14.6. The minimum atomic E-state index is -4.47. The fourth-order valence-electron chi connectivity index (χ4n) is 4.11. The van der Waals surface area contributed by atoms with Gasteiger partial charge in [-0.3, -0.25) is 4.79 Å². The Kier molecular flexibility index (Phi) is 7.25. The summed E-state index contributed by atoms with van der Waals surface area (Å²) in [5.41, 5.74) is 6.99. The van der Waals surface area contributed by atoms with Gasteiger partial charge in [0.25, 0.3) is 0 Å². The number of hydrogen-bond donors (Lipinski definition) is 3. The van der Waals surface area contributed by atoms with Gasteiger partial charge in [-0.05, 0) is 54.8 Å². The molecule has 0 radical (unpaired) electrons. The number of rotatable bonds is 5. The number of hydrogen-bond acceptors (Lipinski definition) is 3. The zero-order valence-electron chi connectivity index (χ0n) is 19.1. The number of nitrogens with zero attached hydrogens (tertiary/aromatic N) is 1. The van der Waals surface area contributed by atoms with Crippen LogP contribution in [0.5, 0.6) is 0 Å². The Hall–Kier alpha value is -3.92. The van der Waals surface area contributed by atoms with Crippen molar-refractivity contribution in [2.24, 2.45) is 5.73 Å². The Balaban J connectivity index is 1.41. The highest BCUT2D eigenvalue weighted by Crippen LogP contribution is 2.30. The van der Waals surface area contributed by atoms with Gasteiger partial charge in [-0.15, -0.1) is 0 Å². The molecule has 3 amide bonds. The number of anilines is 2. The van der Waals surface area contributed by atoms with E-state index in [1.807, 2.05) is 0 Å². The molecular weight excluding hydrogens is 476 g/mol. The third kappa shape index (κ3) is 5.49. The molecule has 1 aliphatic rings. The average Bonchev–Trinajstić information content (AvgIpc) is 2.85.